The number of rotatable bonds is 7. The van der Waals surface area contributed by atoms with Crippen molar-refractivity contribution >= 4 is 5.96 Å². The van der Waals surface area contributed by atoms with Crippen molar-refractivity contribution in [2.75, 3.05) is 33.3 Å². The van der Waals surface area contributed by atoms with Crippen molar-refractivity contribution in [3.05, 3.63) is 35.9 Å². The molecular weight excluding hydrogens is 310 g/mol. The maximum Gasteiger partial charge on any atom is 0.193 e. The van der Waals surface area contributed by atoms with Crippen LogP contribution < -0.4 is 5.32 Å². The van der Waals surface area contributed by atoms with Gasteiger partial charge in [0, 0.05) is 38.7 Å². The fraction of sp³-hybridized carbons (Fsp3) is 0.667. The van der Waals surface area contributed by atoms with Gasteiger partial charge in [-0.15, -0.1) is 0 Å². The summed E-state index contributed by atoms with van der Waals surface area (Å²) in [6, 6.07) is 10.9. The number of likely N-dealkylation sites (tertiary alicyclic amines) is 1. The monoisotopic (exact) mass is 345 g/mol. The van der Waals surface area contributed by atoms with Crippen LogP contribution in [-0.4, -0.2) is 50.3 Å². The highest BCUT2D eigenvalue weighted by atomic mass is 16.5. The Bertz CT molecular complexity index is 517. The number of aliphatic imine (C=N–C) groups is 1. The van der Waals surface area contributed by atoms with E-state index < -0.39 is 0 Å². The smallest absolute Gasteiger partial charge is 0.193 e. The zero-order chi connectivity index (χ0) is 18.1. The summed E-state index contributed by atoms with van der Waals surface area (Å²) in [4.78, 5) is 6.91. The Morgan fingerprint density at radius 2 is 1.80 bits per heavy atom. The van der Waals surface area contributed by atoms with E-state index >= 15 is 0 Å². The molecule has 1 fully saturated rings. The SMILES string of the molecule is CCOC1CCN(C(=NC)NCC(CC)(CC)c2ccccc2)CC1. The van der Waals surface area contributed by atoms with Gasteiger partial charge in [0.05, 0.1) is 6.10 Å². The lowest BCUT2D eigenvalue weighted by Gasteiger charge is -2.37. The molecule has 25 heavy (non-hydrogen) atoms. The van der Waals surface area contributed by atoms with Crippen molar-refractivity contribution in [2.24, 2.45) is 4.99 Å². The maximum atomic E-state index is 5.76. The Morgan fingerprint density at radius 3 is 2.32 bits per heavy atom. The van der Waals surface area contributed by atoms with Crippen molar-refractivity contribution in [3.63, 3.8) is 0 Å². The number of guanidine groups is 1. The van der Waals surface area contributed by atoms with E-state index in [0.717, 1.165) is 57.9 Å². The summed E-state index contributed by atoms with van der Waals surface area (Å²) in [6.07, 6.45) is 4.81. The second-order valence-electron chi connectivity index (χ2n) is 6.90. The van der Waals surface area contributed by atoms with Crippen LogP contribution in [0.5, 0.6) is 0 Å². The second kappa shape index (κ2) is 9.81. The van der Waals surface area contributed by atoms with Gasteiger partial charge in [0.1, 0.15) is 0 Å². The molecule has 1 aliphatic heterocycles. The highest BCUT2D eigenvalue weighted by Gasteiger charge is 2.29. The predicted molar refractivity (Wildman–Crippen MR) is 106 cm³/mol. The van der Waals surface area contributed by atoms with E-state index in [-0.39, 0.29) is 5.41 Å². The summed E-state index contributed by atoms with van der Waals surface area (Å²) in [5, 5.41) is 3.66. The first kappa shape index (κ1) is 19.8. The van der Waals surface area contributed by atoms with Gasteiger partial charge in [0.25, 0.3) is 0 Å². The fourth-order valence-corrected chi connectivity index (χ4v) is 3.85. The van der Waals surface area contributed by atoms with Crippen molar-refractivity contribution in [1.29, 1.82) is 0 Å². The molecule has 0 aliphatic carbocycles. The van der Waals surface area contributed by atoms with Crippen molar-refractivity contribution in [2.45, 2.75) is 58.0 Å². The quantitative estimate of drug-likeness (QED) is 0.603. The topological polar surface area (TPSA) is 36.9 Å². The van der Waals surface area contributed by atoms with E-state index in [1.807, 2.05) is 7.05 Å². The van der Waals surface area contributed by atoms with E-state index in [1.54, 1.807) is 0 Å². The van der Waals surface area contributed by atoms with Crippen LogP contribution in [0.4, 0.5) is 0 Å². The van der Waals surface area contributed by atoms with Gasteiger partial charge in [0.15, 0.2) is 5.96 Å². The molecule has 2 rings (SSSR count). The summed E-state index contributed by atoms with van der Waals surface area (Å²) >= 11 is 0. The molecule has 0 spiro atoms. The van der Waals surface area contributed by atoms with Gasteiger partial charge in [-0.3, -0.25) is 4.99 Å². The zero-order valence-corrected chi connectivity index (χ0v) is 16.4. The second-order valence-corrected chi connectivity index (χ2v) is 6.90. The Labute approximate surface area is 153 Å². The molecule has 1 N–H and O–H groups in total. The lowest BCUT2D eigenvalue weighted by Crippen LogP contribution is -2.50. The lowest BCUT2D eigenvalue weighted by molar-refractivity contribution is 0.0263. The molecule has 1 heterocycles. The van der Waals surface area contributed by atoms with Gasteiger partial charge in [0.2, 0.25) is 0 Å². The number of ether oxygens (including phenoxy) is 1. The maximum absolute atomic E-state index is 5.76. The number of hydrogen-bond acceptors (Lipinski definition) is 2. The third-order valence-electron chi connectivity index (χ3n) is 5.68. The molecule has 1 aromatic carbocycles. The van der Waals surface area contributed by atoms with Crippen LogP contribution in [0, 0.1) is 0 Å². The molecule has 1 saturated heterocycles. The molecule has 0 unspecified atom stereocenters. The molecular formula is C21H35N3O. The summed E-state index contributed by atoms with van der Waals surface area (Å²) in [7, 11) is 1.89. The highest BCUT2D eigenvalue weighted by molar-refractivity contribution is 5.80. The van der Waals surface area contributed by atoms with Crippen LogP contribution >= 0.6 is 0 Å². The molecule has 0 aromatic heterocycles. The van der Waals surface area contributed by atoms with Crippen LogP contribution in [0.1, 0.15) is 52.0 Å². The Hall–Kier alpha value is -1.55. The minimum Gasteiger partial charge on any atom is -0.378 e. The van der Waals surface area contributed by atoms with Gasteiger partial charge in [-0.1, -0.05) is 44.2 Å². The first-order valence-electron chi connectivity index (χ1n) is 9.81. The normalized spacial score (nSPS) is 17.0. The highest BCUT2D eigenvalue weighted by Crippen LogP contribution is 2.31. The van der Waals surface area contributed by atoms with E-state index in [9.17, 15) is 0 Å². The number of hydrogen-bond donors (Lipinski definition) is 1. The van der Waals surface area contributed by atoms with Crippen LogP contribution in [0.25, 0.3) is 0 Å². The zero-order valence-electron chi connectivity index (χ0n) is 16.4. The van der Waals surface area contributed by atoms with Crippen LogP contribution in [0.3, 0.4) is 0 Å². The molecule has 1 aliphatic rings. The van der Waals surface area contributed by atoms with E-state index in [1.165, 1.54) is 5.56 Å². The molecule has 0 atom stereocenters. The van der Waals surface area contributed by atoms with Crippen molar-refractivity contribution in [1.82, 2.24) is 10.2 Å². The first-order valence-corrected chi connectivity index (χ1v) is 9.81. The molecule has 0 amide bonds. The average Bonchev–Trinajstić information content (AvgIpc) is 2.68. The molecule has 1 aromatic rings. The standard InChI is InChI=1S/C21H35N3O/c1-5-21(6-2,18-11-9-8-10-12-18)17-23-20(22-4)24-15-13-19(14-16-24)25-7-3/h8-12,19H,5-7,13-17H2,1-4H3,(H,22,23). The number of nitrogens with one attached hydrogen (secondary N) is 1. The van der Waals surface area contributed by atoms with Crippen molar-refractivity contribution in [3.8, 4) is 0 Å². The van der Waals surface area contributed by atoms with E-state index in [0.29, 0.717) is 6.10 Å². The molecule has 4 heteroatoms. The van der Waals surface area contributed by atoms with E-state index in [4.69, 9.17) is 4.74 Å². The summed E-state index contributed by atoms with van der Waals surface area (Å²) in [5.41, 5.74) is 1.57. The van der Waals surface area contributed by atoms with Crippen LogP contribution in [0.2, 0.25) is 0 Å². The third kappa shape index (κ3) is 4.97. The number of benzene rings is 1. The molecule has 0 radical (unpaired) electrons. The fourth-order valence-electron chi connectivity index (χ4n) is 3.85. The number of piperidine rings is 1. The number of nitrogens with zero attached hydrogens (tertiary/aromatic N) is 2. The van der Waals surface area contributed by atoms with Gasteiger partial charge >= 0.3 is 0 Å². The Kier molecular flexibility index (Phi) is 7.76. The summed E-state index contributed by atoms with van der Waals surface area (Å²) in [6.45, 7) is 10.4. The Morgan fingerprint density at radius 1 is 1.16 bits per heavy atom. The minimum absolute atomic E-state index is 0.154. The average molecular weight is 346 g/mol. The lowest BCUT2D eigenvalue weighted by atomic mass is 9.76. The van der Waals surface area contributed by atoms with Crippen LogP contribution in [0.15, 0.2) is 35.3 Å². The molecule has 0 saturated carbocycles. The van der Waals surface area contributed by atoms with Gasteiger partial charge in [-0.2, -0.15) is 0 Å². The summed E-state index contributed by atoms with van der Waals surface area (Å²) in [5.74, 6) is 1.03. The van der Waals surface area contributed by atoms with Gasteiger partial charge in [-0.25, -0.2) is 0 Å². The minimum atomic E-state index is 0.154. The van der Waals surface area contributed by atoms with Gasteiger partial charge < -0.3 is 15.0 Å². The summed E-state index contributed by atoms with van der Waals surface area (Å²) < 4.78 is 5.76. The Balaban J connectivity index is 1.99. The molecule has 0 bridgehead atoms. The molecule has 4 nitrogen and oxygen atoms in total. The predicted octanol–water partition coefficient (Wildman–Crippen LogP) is 3.82. The van der Waals surface area contributed by atoms with Crippen LogP contribution in [-0.2, 0) is 10.2 Å². The largest absolute Gasteiger partial charge is 0.378 e. The first-order chi connectivity index (χ1) is 12.2. The third-order valence-corrected chi connectivity index (χ3v) is 5.68. The van der Waals surface area contributed by atoms with Crippen molar-refractivity contribution < 1.29 is 4.74 Å². The molecule has 140 valence electrons. The van der Waals surface area contributed by atoms with E-state index in [2.05, 4.69) is 66.3 Å². The van der Waals surface area contributed by atoms with Gasteiger partial charge in [-0.05, 0) is 38.2 Å².